The number of nitro groups is 1. The third-order valence-electron chi connectivity index (χ3n) is 4.09. The highest BCUT2D eigenvalue weighted by molar-refractivity contribution is 7.87. The summed E-state index contributed by atoms with van der Waals surface area (Å²) in [5, 5.41) is 10.8. The van der Waals surface area contributed by atoms with E-state index in [0.29, 0.717) is 4.90 Å². The Morgan fingerprint density at radius 1 is 1.19 bits per heavy atom. The number of amides is 4. The second kappa shape index (κ2) is 8.35. The number of nitrogens with two attached hydrogens (primary N) is 1. The highest BCUT2D eigenvalue weighted by Gasteiger charge is 2.31. The van der Waals surface area contributed by atoms with Crippen LogP contribution in [-0.4, -0.2) is 54.7 Å². The first kappa shape index (κ1) is 22.2. The minimum atomic E-state index is -4.36. The Morgan fingerprint density at radius 2 is 1.84 bits per heavy atom. The summed E-state index contributed by atoms with van der Waals surface area (Å²) in [6, 6.07) is 8.04. The molecule has 1 heterocycles. The summed E-state index contributed by atoms with van der Waals surface area (Å²) in [6.45, 7) is 0. The highest BCUT2D eigenvalue weighted by atomic mass is 32.2. The van der Waals surface area contributed by atoms with E-state index in [1.165, 1.54) is 18.2 Å². The first-order chi connectivity index (χ1) is 15.0. The van der Waals surface area contributed by atoms with Gasteiger partial charge in [-0.05, 0) is 30.3 Å². The fourth-order valence-corrected chi connectivity index (χ4v) is 3.37. The number of non-ortho nitro benzene ring substituents is 1. The van der Waals surface area contributed by atoms with Crippen molar-refractivity contribution in [3.63, 3.8) is 0 Å². The normalized spacial score (nSPS) is 15.5. The maximum absolute atomic E-state index is 12.4. The van der Waals surface area contributed by atoms with Gasteiger partial charge in [0.2, 0.25) is 0 Å². The largest absolute Gasteiger partial charge is 0.382 e. The van der Waals surface area contributed by atoms with Gasteiger partial charge in [0.05, 0.1) is 11.0 Å². The van der Waals surface area contributed by atoms with Gasteiger partial charge in [0.25, 0.3) is 17.5 Å². The number of hydrogen-bond acceptors (Lipinski definition) is 9. The first-order valence-corrected chi connectivity index (χ1v) is 9.99. The molecule has 13 nitrogen and oxygen atoms in total. The fourth-order valence-electron chi connectivity index (χ4n) is 2.45. The SMILES string of the molecule is CN1C(=O)N=C(N)C(=NC(=O)c2ccc(S(=O)(=O)Oc3cccc([N+](=O)[O-])c3)cc2)C1=O. The number of nitrogens with zero attached hydrogens (tertiary/aromatic N) is 4. The second-order valence-electron chi connectivity index (χ2n) is 6.23. The lowest BCUT2D eigenvalue weighted by atomic mass is 10.2. The Morgan fingerprint density at radius 3 is 2.47 bits per heavy atom. The zero-order valence-electron chi connectivity index (χ0n) is 16.2. The van der Waals surface area contributed by atoms with Gasteiger partial charge in [0.1, 0.15) is 10.6 Å². The highest BCUT2D eigenvalue weighted by Crippen LogP contribution is 2.23. The van der Waals surface area contributed by atoms with Gasteiger partial charge in [0.15, 0.2) is 11.5 Å². The predicted octanol–water partition coefficient (Wildman–Crippen LogP) is 0.893. The van der Waals surface area contributed by atoms with Crippen molar-refractivity contribution in [3.8, 4) is 5.75 Å². The molecule has 0 radical (unpaired) electrons. The molecular weight excluding hydrogens is 446 g/mol. The summed E-state index contributed by atoms with van der Waals surface area (Å²) in [5.41, 5.74) is 4.52. The van der Waals surface area contributed by atoms with E-state index in [4.69, 9.17) is 9.92 Å². The lowest BCUT2D eigenvalue weighted by molar-refractivity contribution is -0.384. The molecule has 2 aromatic rings. The minimum Gasteiger partial charge on any atom is -0.382 e. The molecule has 4 amide bonds. The van der Waals surface area contributed by atoms with E-state index in [1.54, 1.807) is 0 Å². The van der Waals surface area contributed by atoms with Crippen LogP contribution in [0, 0.1) is 10.1 Å². The van der Waals surface area contributed by atoms with Crippen LogP contribution in [0.3, 0.4) is 0 Å². The minimum absolute atomic E-state index is 0.0908. The standard InChI is InChI=1S/C18H13N5O8S/c1-22-17(25)14(15(19)21-18(22)26)20-16(24)10-5-7-13(8-6-10)32(29,30)31-12-4-2-3-11(9-12)23(27)28/h2-9H,1H3,(H2,19,21,26). The number of nitro benzene ring substituents is 1. The van der Waals surface area contributed by atoms with Gasteiger partial charge in [-0.2, -0.15) is 18.4 Å². The molecule has 0 unspecified atom stereocenters. The molecule has 14 heteroatoms. The Balaban J connectivity index is 1.83. The Bertz CT molecular complexity index is 1320. The lowest BCUT2D eigenvalue weighted by Crippen LogP contribution is -2.48. The fraction of sp³-hybridized carbons (Fsp3) is 0.0556. The van der Waals surface area contributed by atoms with Crippen LogP contribution in [0.1, 0.15) is 10.4 Å². The first-order valence-electron chi connectivity index (χ1n) is 8.58. The summed E-state index contributed by atoms with van der Waals surface area (Å²) < 4.78 is 29.7. The molecule has 2 aromatic carbocycles. The average molecular weight is 459 g/mol. The quantitative estimate of drug-likeness (QED) is 0.384. The molecule has 0 aromatic heterocycles. The van der Waals surface area contributed by atoms with Crippen LogP contribution in [0.2, 0.25) is 0 Å². The van der Waals surface area contributed by atoms with Crippen molar-refractivity contribution in [1.29, 1.82) is 0 Å². The van der Waals surface area contributed by atoms with Crippen molar-refractivity contribution >= 4 is 45.2 Å². The van der Waals surface area contributed by atoms with E-state index in [9.17, 15) is 32.9 Å². The van der Waals surface area contributed by atoms with E-state index < -0.39 is 44.4 Å². The number of hydrogen-bond donors (Lipinski definition) is 1. The molecule has 2 N–H and O–H groups in total. The summed E-state index contributed by atoms with van der Waals surface area (Å²) in [6.07, 6.45) is 0. The van der Waals surface area contributed by atoms with Gasteiger partial charge in [-0.25, -0.2) is 4.79 Å². The number of imide groups is 1. The second-order valence-corrected chi connectivity index (χ2v) is 7.77. The van der Waals surface area contributed by atoms with Crippen LogP contribution < -0.4 is 9.92 Å². The van der Waals surface area contributed by atoms with E-state index in [2.05, 4.69) is 9.98 Å². The molecular formula is C18H13N5O8S. The van der Waals surface area contributed by atoms with Crippen LogP contribution in [0.15, 0.2) is 63.4 Å². The van der Waals surface area contributed by atoms with Gasteiger partial charge in [0, 0.05) is 18.7 Å². The summed E-state index contributed by atoms with van der Waals surface area (Å²) >= 11 is 0. The lowest BCUT2D eigenvalue weighted by Gasteiger charge is -2.18. The monoisotopic (exact) mass is 459 g/mol. The molecule has 0 saturated heterocycles. The maximum atomic E-state index is 12.4. The zero-order chi connectivity index (χ0) is 23.6. The van der Waals surface area contributed by atoms with E-state index in [1.807, 2.05) is 0 Å². The number of aliphatic imine (C=N–C) groups is 2. The van der Waals surface area contributed by atoms with Crippen molar-refractivity contribution in [2.45, 2.75) is 4.90 Å². The van der Waals surface area contributed by atoms with Gasteiger partial charge in [-0.1, -0.05) is 6.07 Å². The molecule has 32 heavy (non-hydrogen) atoms. The van der Waals surface area contributed by atoms with Gasteiger partial charge in [-0.3, -0.25) is 24.6 Å². The van der Waals surface area contributed by atoms with Gasteiger partial charge in [-0.15, -0.1) is 0 Å². The molecule has 0 fully saturated rings. The average Bonchev–Trinajstić information content (AvgIpc) is 2.75. The Kier molecular flexibility index (Phi) is 5.80. The van der Waals surface area contributed by atoms with Crippen molar-refractivity contribution < 1.29 is 31.9 Å². The predicted molar refractivity (Wildman–Crippen MR) is 109 cm³/mol. The number of amidine groups is 1. The van der Waals surface area contributed by atoms with Crippen LogP contribution >= 0.6 is 0 Å². The third kappa shape index (κ3) is 4.49. The Hall–Kier alpha value is -4.46. The van der Waals surface area contributed by atoms with Gasteiger partial charge < -0.3 is 9.92 Å². The van der Waals surface area contributed by atoms with Crippen molar-refractivity contribution in [2.75, 3.05) is 7.05 Å². The summed E-state index contributed by atoms with van der Waals surface area (Å²) in [4.78, 5) is 53.2. The van der Waals surface area contributed by atoms with Crippen molar-refractivity contribution in [3.05, 3.63) is 64.2 Å². The number of rotatable bonds is 5. The van der Waals surface area contributed by atoms with E-state index in [0.717, 1.165) is 37.4 Å². The van der Waals surface area contributed by atoms with E-state index >= 15 is 0 Å². The molecule has 1 aliphatic rings. The van der Waals surface area contributed by atoms with Crippen LogP contribution in [0.25, 0.3) is 0 Å². The van der Waals surface area contributed by atoms with Crippen molar-refractivity contribution in [2.24, 2.45) is 15.7 Å². The molecule has 164 valence electrons. The number of urea groups is 1. The summed E-state index contributed by atoms with van der Waals surface area (Å²) in [5.74, 6) is -2.64. The molecule has 0 bridgehead atoms. The molecule has 0 aliphatic carbocycles. The van der Waals surface area contributed by atoms with Crippen LogP contribution in [0.5, 0.6) is 5.75 Å². The topological polar surface area (TPSA) is 192 Å². The smallest absolute Gasteiger partial charge is 0.352 e. The summed E-state index contributed by atoms with van der Waals surface area (Å²) in [7, 11) is -3.22. The third-order valence-corrected chi connectivity index (χ3v) is 5.35. The number of carbonyl (C=O) groups excluding carboxylic acids is 3. The molecule has 0 atom stereocenters. The molecule has 0 spiro atoms. The molecule has 0 saturated carbocycles. The Labute approximate surface area is 180 Å². The number of carbonyl (C=O) groups is 3. The van der Waals surface area contributed by atoms with Crippen LogP contribution in [0.4, 0.5) is 10.5 Å². The van der Waals surface area contributed by atoms with Crippen molar-refractivity contribution in [1.82, 2.24) is 4.90 Å². The molecule has 1 aliphatic heterocycles. The van der Waals surface area contributed by atoms with E-state index in [-0.39, 0.29) is 21.9 Å². The number of benzene rings is 2. The van der Waals surface area contributed by atoms with Gasteiger partial charge >= 0.3 is 16.1 Å². The maximum Gasteiger partial charge on any atom is 0.352 e. The van der Waals surface area contributed by atoms with Crippen LogP contribution in [-0.2, 0) is 14.9 Å². The molecule has 3 rings (SSSR count). The zero-order valence-corrected chi connectivity index (χ0v) is 17.0.